The highest BCUT2D eigenvalue weighted by Crippen LogP contribution is 2.31. The van der Waals surface area contributed by atoms with Crippen LogP contribution in [-0.2, 0) is 4.79 Å². The number of esters is 1. The lowest BCUT2D eigenvalue weighted by atomic mass is 9.99. The van der Waals surface area contributed by atoms with Gasteiger partial charge < -0.3 is 10.1 Å². The molecule has 1 aliphatic rings. The van der Waals surface area contributed by atoms with Crippen LogP contribution in [0.3, 0.4) is 0 Å². The minimum absolute atomic E-state index is 0.243. The Hall–Kier alpha value is -1.32. The Kier molecular flexibility index (Phi) is 4.39. The van der Waals surface area contributed by atoms with Crippen molar-refractivity contribution in [1.82, 2.24) is 5.32 Å². The van der Waals surface area contributed by atoms with Crippen LogP contribution >= 0.6 is 11.6 Å². The maximum absolute atomic E-state index is 11.4. The van der Waals surface area contributed by atoms with Crippen molar-refractivity contribution in [2.75, 3.05) is 13.1 Å². The second kappa shape index (κ2) is 6.03. The molecular weight excluding hydrogens is 250 g/mol. The molecule has 0 aromatic heterocycles. The van der Waals surface area contributed by atoms with Crippen molar-refractivity contribution in [1.29, 1.82) is 0 Å². The molecule has 4 heteroatoms. The third-order valence-corrected chi connectivity index (χ3v) is 3.10. The highest BCUT2D eigenvalue weighted by atomic mass is 35.5. The second-order valence-corrected chi connectivity index (χ2v) is 4.59. The van der Waals surface area contributed by atoms with Crippen LogP contribution < -0.4 is 10.1 Å². The van der Waals surface area contributed by atoms with Crippen LogP contribution in [0.15, 0.2) is 24.3 Å². The van der Waals surface area contributed by atoms with E-state index in [0.29, 0.717) is 17.2 Å². The van der Waals surface area contributed by atoms with E-state index in [1.165, 1.54) is 5.57 Å². The molecule has 0 aliphatic carbocycles. The Morgan fingerprint density at radius 1 is 1.50 bits per heavy atom. The molecule has 2 rings (SSSR count). The monoisotopic (exact) mass is 265 g/mol. The molecule has 0 unspecified atom stereocenters. The maximum atomic E-state index is 11.4. The predicted molar refractivity (Wildman–Crippen MR) is 72.8 cm³/mol. The third-order valence-electron chi connectivity index (χ3n) is 2.87. The van der Waals surface area contributed by atoms with E-state index in [9.17, 15) is 4.79 Å². The van der Waals surface area contributed by atoms with Crippen molar-refractivity contribution in [2.45, 2.75) is 19.8 Å². The molecule has 0 radical (unpaired) electrons. The van der Waals surface area contributed by atoms with Crippen molar-refractivity contribution >= 4 is 23.1 Å². The number of carbonyl (C=O) groups excluding carboxylic acids is 1. The van der Waals surface area contributed by atoms with Crippen LogP contribution in [0.4, 0.5) is 0 Å². The van der Waals surface area contributed by atoms with E-state index in [2.05, 4.69) is 11.4 Å². The smallest absolute Gasteiger partial charge is 0.310 e. The number of hydrogen-bond donors (Lipinski definition) is 1. The molecule has 1 aromatic rings. The molecule has 0 saturated heterocycles. The van der Waals surface area contributed by atoms with Gasteiger partial charge >= 0.3 is 5.97 Å². The number of carbonyl (C=O) groups is 1. The summed E-state index contributed by atoms with van der Waals surface area (Å²) in [6.07, 6.45) is 3.40. The fourth-order valence-electron chi connectivity index (χ4n) is 1.91. The average molecular weight is 266 g/mol. The van der Waals surface area contributed by atoms with Crippen molar-refractivity contribution in [3.63, 3.8) is 0 Å². The summed E-state index contributed by atoms with van der Waals surface area (Å²) in [5.74, 6) is 0.315. The number of benzene rings is 1. The molecule has 3 nitrogen and oxygen atoms in total. The Bertz CT molecular complexity index is 483. The van der Waals surface area contributed by atoms with E-state index in [4.69, 9.17) is 16.3 Å². The lowest BCUT2D eigenvalue weighted by Crippen LogP contribution is -2.20. The molecule has 1 heterocycles. The molecule has 1 aliphatic heterocycles. The number of nitrogens with one attached hydrogen (secondary N) is 1. The van der Waals surface area contributed by atoms with Gasteiger partial charge in [0.05, 0.1) is 0 Å². The van der Waals surface area contributed by atoms with Crippen LogP contribution in [0.1, 0.15) is 25.3 Å². The molecule has 0 atom stereocenters. The molecule has 0 saturated carbocycles. The summed E-state index contributed by atoms with van der Waals surface area (Å²) in [6.45, 7) is 3.56. The lowest BCUT2D eigenvalue weighted by molar-refractivity contribution is -0.134. The van der Waals surface area contributed by atoms with Gasteiger partial charge in [-0.3, -0.25) is 4.79 Å². The van der Waals surface area contributed by atoms with Gasteiger partial charge in [0.25, 0.3) is 0 Å². The largest absolute Gasteiger partial charge is 0.426 e. The summed E-state index contributed by atoms with van der Waals surface area (Å²) >= 11 is 5.96. The zero-order valence-corrected chi connectivity index (χ0v) is 11.1. The van der Waals surface area contributed by atoms with Gasteiger partial charge in [-0.2, -0.15) is 0 Å². The molecule has 0 fully saturated rings. The average Bonchev–Trinajstić information content (AvgIpc) is 2.40. The van der Waals surface area contributed by atoms with Gasteiger partial charge in [-0.1, -0.05) is 24.6 Å². The van der Waals surface area contributed by atoms with Gasteiger partial charge in [0.1, 0.15) is 5.75 Å². The first-order valence-electron chi connectivity index (χ1n) is 6.11. The summed E-state index contributed by atoms with van der Waals surface area (Å²) in [5.41, 5.74) is 2.16. The number of hydrogen-bond acceptors (Lipinski definition) is 3. The molecule has 1 aromatic carbocycles. The highest BCUT2D eigenvalue weighted by molar-refractivity contribution is 6.30. The number of ether oxygens (including phenoxy) is 1. The van der Waals surface area contributed by atoms with E-state index in [1.807, 2.05) is 12.1 Å². The van der Waals surface area contributed by atoms with Gasteiger partial charge in [0.15, 0.2) is 0 Å². The van der Waals surface area contributed by atoms with Crippen LogP contribution in [-0.4, -0.2) is 19.1 Å². The van der Waals surface area contributed by atoms with E-state index in [1.54, 1.807) is 13.0 Å². The zero-order valence-electron chi connectivity index (χ0n) is 10.3. The minimum atomic E-state index is -0.243. The van der Waals surface area contributed by atoms with Gasteiger partial charge in [0.2, 0.25) is 0 Å². The summed E-state index contributed by atoms with van der Waals surface area (Å²) in [5, 5.41) is 3.83. The fraction of sp³-hybridized carbons (Fsp3) is 0.357. The lowest BCUT2D eigenvalue weighted by Gasteiger charge is -2.17. The molecular formula is C14H16ClNO2. The summed E-state index contributed by atoms with van der Waals surface area (Å²) in [7, 11) is 0. The first-order chi connectivity index (χ1) is 8.70. The van der Waals surface area contributed by atoms with E-state index >= 15 is 0 Å². The fourth-order valence-corrected chi connectivity index (χ4v) is 2.07. The topological polar surface area (TPSA) is 38.3 Å². The Morgan fingerprint density at radius 3 is 3.00 bits per heavy atom. The minimum Gasteiger partial charge on any atom is -0.426 e. The van der Waals surface area contributed by atoms with Gasteiger partial charge in [-0.25, -0.2) is 0 Å². The third kappa shape index (κ3) is 3.12. The molecule has 0 amide bonds. The molecule has 18 heavy (non-hydrogen) atoms. The first-order valence-corrected chi connectivity index (χ1v) is 6.49. The molecule has 0 bridgehead atoms. The van der Waals surface area contributed by atoms with Crippen molar-refractivity contribution in [2.24, 2.45) is 0 Å². The zero-order chi connectivity index (χ0) is 13.0. The van der Waals surface area contributed by atoms with Gasteiger partial charge in [-0.05, 0) is 30.7 Å². The molecule has 96 valence electrons. The summed E-state index contributed by atoms with van der Waals surface area (Å²) in [4.78, 5) is 11.4. The maximum Gasteiger partial charge on any atom is 0.310 e. The van der Waals surface area contributed by atoms with Crippen LogP contribution in [0.25, 0.3) is 5.57 Å². The summed E-state index contributed by atoms with van der Waals surface area (Å²) in [6, 6.07) is 5.44. The highest BCUT2D eigenvalue weighted by Gasteiger charge is 2.14. The van der Waals surface area contributed by atoms with Crippen molar-refractivity contribution in [3.05, 3.63) is 34.9 Å². The second-order valence-electron chi connectivity index (χ2n) is 4.15. The summed E-state index contributed by atoms with van der Waals surface area (Å²) < 4.78 is 5.34. The van der Waals surface area contributed by atoms with Crippen molar-refractivity contribution in [3.8, 4) is 5.75 Å². The van der Waals surface area contributed by atoms with Crippen LogP contribution in [0.2, 0.25) is 5.02 Å². The van der Waals surface area contributed by atoms with Crippen LogP contribution in [0.5, 0.6) is 5.75 Å². The van der Waals surface area contributed by atoms with Gasteiger partial charge in [0, 0.05) is 29.6 Å². The number of halogens is 1. The quantitative estimate of drug-likeness (QED) is 0.674. The SMILES string of the molecule is CCC(=O)Oc1cc(Cl)ccc1C1=CCNCC1. The van der Waals surface area contributed by atoms with E-state index in [-0.39, 0.29) is 5.97 Å². The van der Waals surface area contributed by atoms with Crippen molar-refractivity contribution < 1.29 is 9.53 Å². The standard InChI is InChI=1S/C14H16ClNO2/c1-2-14(17)18-13-9-11(15)3-4-12(13)10-5-7-16-8-6-10/h3-5,9,16H,2,6-8H2,1H3. The normalized spacial score (nSPS) is 15.1. The Labute approximate surface area is 112 Å². The van der Waals surface area contributed by atoms with Gasteiger partial charge in [-0.15, -0.1) is 0 Å². The molecule has 1 N–H and O–H groups in total. The van der Waals surface area contributed by atoms with E-state index < -0.39 is 0 Å². The predicted octanol–water partition coefficient (Wildman–Crippen LogP) is 3.03. The Balaban J connectivity index is 2.33. The van der Waals surface area contributed by atoms with E-state index in [0.717, 1.165) is 25.1 Å². The number of rotatable bonds is 3. The first kappa shape index (κ1) is 13.1. The molecule has 0 spiro atoms. The Morgan fingerprint density at radius 2 is 2.33 bits per heavy atom. The van der Waals surface area contributed by atoms with Crippen LogP contribution in [0, 0.1) is 0 Å².